The summed E-state index contributed by atoms with van der Waals surface area (Å²) in [5.41, 5.74) is 3.87. The summed E-state index contributed by atoms with van der Waals surface area (Å²) in [6.07, 6.45) is 1.53. The summed E-state index contributed by atoms with van der Waals surface area (Å²) >= 11 is 0. The molecule has 0 aliphatic carbocycles. The van der Waals surface area contributed by atoms with Crippen LogP contribution in [-0.4, -0.2) is 30.1 Å². The van der Waals surface area contributed by atoms with Gasteiger partial charge in [0.25, 0.3) is 5.91 Å². The SMILES string of the molecule is COc1ccc(OC)c(Nc2nccc(C(=O)Nc3ccc(C)c(C)c3)n2)c1. The molecule has 0 bridgehead atoms. The topological polar surface area (TPSA) is 85.4 Å². The number of hydrogen-bond donors (Lipinski definition) is 2. The average Bonchev–Trinajstić information content (AvgIpc) is 2.71. The highest BCUT2D eigenvalue weighted by molar-refractivity contribution is 6.03. The van der Waals surface area contributed by atoms with Gasteiger partial charge in [-0.3, -0.25) is 4.79 Å². The van der Waals surface area contributed by atoms with Crippen molar-refractivity contribution in [3.05, 3.63) is 65.5 Å². The fraction of sp³-hybridized carbons (Fsp3) is 0.190. The van der Waals surface area contributed by atoms with Gasteiger partial charge in [0.1, 0.15) is 17.2 Å². The number of hydrogen-bond acceptors (Lipinski definition) is 6. The Morgan fingerprint density at radius 3 is 2.50 bits per heavy atom. The first kappa shape index (κ1) is 19.2. The predicted octanol–water partition coefficient (Wildman–Crippen LogP) is 4.11. The Kier molecular flexibility index (Phi) is 5.74. The third-order valence-electron chi connectivity index (χ3n) is 4.31. The van der Waals surface area contributed by atoms with E-state index in [9.17, 15) is 4.79 Å². The number of carbonyl (C=O) groups excluding carboxylic acids is 1. The summed E-state index contributed by atoms with van der Waals surface area (Å²) in [6.45, 7) is 4.02. The maximum Gasteiger partial charge on any atom is 0.274 e. The fourth-order valence-corrected chi connectivity index (χ4v) is 2.59. The zero-order valence-electron chi connectivity index (χ0n) is 16.2. The number of anilines is 3. The van der Waals surface area contributed by atoms with Gasteiger partial charge >= 0.3 is 0 Å². The highest BCUT2D eigenvalue weighted by atomic mass is 16.5. The summed E-state index contributed by atoms with van der Waals surface area (Å²) in [5.74, 6) is 1.23. The first-order chi connectivity index (χ1) is 13.5. The summed E-state index contributed by atoms with van der Waals surface area (Å²) < 4.78 is 10.6. The van der Waals surface area contributed by atoms with Gasteiger partial charge in [0.2, 0.25) is 5.95 Å². The minimum Gasteiger partial charge on any atom is -0.497 e. The van der Waals surface area contributed by atoms with Crippen molar-refractivity contribution >= 4 is 23.2 Å². The molecular weight excluding hydrogens is 356 g/mol. The standard InChI is InChI=1S/C21H22N4O3/c1-13-5-6-15(11-14(13)2)23-20(26)17-9-10-22-21(24-17)25-18-12-16(27-3)7-8-19(18)28-4/h5-12H,1-4H3,(H,23,26)(H,22,24,25). The van der Waals surface area contributed by atoms with Crippen LogP contribution in [0.4, 0.5) is 17.3 Å². The van der Waals surface area contributed by atoms with E-state index in [2.05, 4.69) is 20.6 Å². The average molecular weight is 378 g/mol. The van der Waals surface area contributed by atoms with Crippen LogP contribution in [0.1, 0.15) is 21.6 Å². The van der Waals surface area contributed by atoms with E-state index in [1.807, 2.05) is 32.0 Å². The van der Waals surface area contributed by atoms with E-state index in [1.54, 1.807) is 38.5 Å². The number of methoxy groups -OCH3 is 2. The molecule has 2 aromatic carbocycles. The molecule has 144 valence electrons. The Bertz CT molecular complexity index is 1000. The summed E-state index contributed by atoms with van der Waals surface area (Å²) in [7, 11) is 3.15. The van der Waals surface area contributed by atoms with E-state index >= 15 is 0 Å². The van der Waals surface area contributed by atoms with Crippen molar-refractivity contribution in [2.24, 2.45) is 0 Å². The molecule has 2 N–H and O–H groups in total. The van der Waals surface area contributed by atoms with Crippen molar-refractivity contribution in [2.75, 3.05) is 24.9 Å². The number of amides is 1. The zero-order chi connectivity index (χ0) is 20.1. The molecule has 3 rings (SSSR count). The molecule has 28 heavy (non-hydrogen) atoms. The van der Waals surface area contributed by atoms with E-state index in [0.29, 0.717) is 17.2 Å². The largest absolute Gasteiger partial charge is 0.497 e. The normalized spacial score (nSPS) is 10.3. The van der Waals surface area contributed by atoms with Gasteiger partial charge in [-0.2, -0.15) is 0 Å². The monoisotopic (exact) mass is 378 g/mol. The molecule has 0 spiro atoms. The molecule has 0 radical (unpaired) electrons. The molecule has 0 saturated carbocycles. The van der Waals surface area contributed by atoms with Crippen molar-refractivity contribution in [1.82, 2.24) is 9.97 Å². The number of nitrogens with zero attached hydrogens (tertiary/aromatic N) is 2. The van der Waals surface area contributed by atoms with Crippen LogP contribution in [0.2, 0.25) is 0 Å². The van der Waals surface area contributed by atoms with E-state index in [4.69, 9.17) is 9.47 Å². The van der Waals surface area contributed by atoms with Crippen molar-refractivity contribution in [3.8, 4) is 11.5 Å². The second-order valence-corrected chi connectivity index (χ2v) is 6.21. The molecule has 3 aromatic rings. The third kappa shape index (κ3) is 4.37. The third-order valence-corrected chi connectivity index (χ3v) is 4.31. The van der Waals surface area contributed by atoms with Gasteiger partial charge in [-0.1, -0.05) is 6.07 Å². The first-order valence-electron chi connectivity index (χ1n) is 8.71. The summed E-state index contributed by atoms with van der Waals surface area (Å²) in [6, 6.07) is 12.6. The van der Waals surface area contributed by atoms with Crippen LogP contribution in [0.15, 0.2) is 48.7 Å². The Labute approximate surface area is 163 Å². The van der Waals surface area contributed by atoms with Crippen LogP contribution in [0.5, 0.6) is 11.5 Å². The number of ether oxygens (including phenoxy) is 2. The quantitative estimate of drug-likeness (QED) is 0.671. The van der Waals surface area contributed by atoms with Gasteiger partial charge in [0, 0.05) is 18.0 Å². The van der Waals surface area contributed by atoms with Gasteiger partial charge in [-0.25, -0.2) is 9.97 Å². The first-order valence-corrected chi connectivity index (χ1v) is 8.71. The van der Waals surface area contributed by atoms with Crippen LogP contribution >= 0.6 is 0 Å². The molecule has 0 atom stereocenters. The number of aromatic nitrogens is 2. The summed E-state index contributed by atoms with van der Waals surface area (Å²) in [5, 5.41) is 5.92. The predicted molar refractivity (Wildman–Crippen MR) is 109 cm³/mol. The van der Waals surface area contributed by atoms with Gasteiger partial charge in [-0.05, 0) is 55.3 Å². The van der Waals surface area contributed by atoms with E-state index in [1.165, 1.54) is 11.8 Å². The molecule has 1 amide bonds. The molecule has 0 unspecified atom stereocenters. The second-order valence-electron chi connectivity index (χ2n) is 6.21. The lowest BCUT2D eigenvalue weighted by atomic mass is 10.1. The molecule has 7 heteroatoms. The highest BCUT2D eigenvalue weighted by Crippen LogP contribution is 2.30. The lowest BCUT2D eigenvalue weighted by Gasteiger charge is -2.12. The Morgan fingerprint density at radius 1 is 0.964 bits per heavy atom. The van der Waals surface area contributed by atoms with E-state index in [0.717, 1.165) is 11.3 Å². The lowest BCUT2D eigenvalue weighted by Crippen LogP contribution is -2.15. The van der Waals surface area contributed by atoms with Crippen molar-refractivity contribution in [1.29, 1.82) is 0 Å². The van der Waals surface area contributed by atoms with Crippen LogP contribution in [0.25, 0.3) is 0 Å². The van der Waals surface area contributed by atoms with Crippen LogP contribution < -0.4 is 20.1 Å². The Hall–Kier alpha value is -3.61. The number of carbonyl (C=O) groups is 1. The maximum absolute atomic E-state index is 12.6. The molecule has 7 nitrogen and oxygen atoms in total. The van der Waals surface area contributed by atoms with E-state index < -0.39 is 0 Å². The Balaban J connectivity index is 1.80. The molecule has 1 aromatic heterocycles. The van der Waals surface area contributed by atoms with Gasteiger partial charge in [0.15, 0.2) is 0 Å². The zero-order valence-corrected chi connectivity index (χ0v) is 16.2. The number of rotatable bonds is 6. The molecule has 0 fully saturated rings. The Morgan fingerprint density at radius 2 is 1.79 bits per heavy atom. The number of benzene rings is 2. The number of aryl methyl sites for hydroxylation is 2. The molecule has 0 aliphatic rings. The van der Waals surface area contributed by atoms with Crippen LogP contribution in [0.3, 0.4) is 0 Å². The van der Waals surface area contributed by atoms with Crippen molar-refractivity contribution in [2.45, 2.75) is 13.8 Å². The molecular formula is C21H22N4O3. The lowest BCUT2D eigenvalue weighted by molar-refractivity contribution is 0.102. The van der Waals surface area contributed by atoms with Crippen LogP contribution in [0, 0.1) is 13.8 Å². The van der Waals surface area contributed by atoms with Crippen molar-refractivity contribution < 1.29 is 14.3 Å². The minimum atomic E-state index is -0.314. The molecule has 0 saturated heterocycles. The highest BCUT2D eigenvalue weighted by Gasteiger charge is 2.12. The van der Waals surface area contributed by atoms with Gasteiger partial charge in [0.05, 0.1) is 19.9 Å². The summed E-state index contributed by atoms with van der Waals surface area (Å²) in [4.78, 5) is 21.1. The maximum atomic E-state index is 12.6. The molecule has 1 heterocycles. The van der Waals surface area contributed by atoms with Gasteiger partial charge in [-0.15, -0.1) is 0 Å². The second kappa shape index (κ2) is 8.39. The van der Waals surface area contributed by atoms with Crippen LogP contribution in [-0.2, 0) is 0 Å². The fourth-order valence-electron chi connectivity index (χ4n) is 2.59. The smallest absolute Gasteiger partial charge is 0.274 e. The molecule has 0 aliphatic heterocycles. The van der Waals surface area contributed by atoms with Gasteiger partial charge < -0.3 is 20.1 Å². The van der Waals surface area contributed by atoms with E-state index in [-0.39, 0.29) is 17.5 Å². The number of nitrogens with one attached hydrogen (secondary N) is 2. The van der Waals surface area contributed by atoms with Crippen molar-refractivity contribution in [3.63, 3.8) is 0 Å². The minimum absolute atomic E-state index is 0.248.